The van der Waals surface area contributed by atoms with Crippen molar-refractivity contribution in [1.29, 1.82) is 0 Å². The highest BCUT2D eigenvalue weighted by molar-refractivity contribution is 7.49. The van der Waals surface area contributed by atoms with E-state index in [0.29, 0.717) is 44.5 Å². The van der Waals surface area contributed by atoms with Crippen LogP contribution in [-0.4, -0.2) is 41.7 Å². The number of rotatable bonds is 30. The van der Waals surface area contributed by atoms with Crippen molar-refractivity contribution < 1.29 is 69.0 Å². The van der Waals surface area contributed by atoms with E-state index in [2.05, 4.69) is 0 Å². The lowest BCUT2D eigenvalue weighted by Crippen LogP contribution is -2.66. The quantitative estimate of drug-likeness (QED) is 0.0421. The van der Waals surface area contributed by atoms with Crippen LogP contribution in [0, 0.1) is 0 Å². The third-order valence-corrected chi connectivity index (χ3v) is 16.9. The van der Waals surface area contributed by atoms with Gasteiger partial charge in [0, 0.05) is 0 Å². The number of aliphatic hydroxyl groups excluding tert-OH is 1. The molecule has 80 heavy (non-hydrogen) atoms. The molecule has 15 nitrogen and oxygen atoms in total. The molecule has 6 atom stereocenters. The van der Waals surface area contributed by atoms with Gasteiger partial charge in [-0.3, -0.25) is 40.7 Å². The fourth-order valence-electron chi connectivity index (χ4n) is 8.52. The number of hydrogen-bond acceptors (Lipinski definition) is 15. The van der Waals surface area contributed by atoms with E-state index in [1.807, 2.05) is 97.1 Å². The largest absolute Gasteiger partial charge is 0.475 e. The first-order chi connectivity index (χ1) is 39.1. The normalized spacial score (nSPS) is 18.7. The molecule has 6 unspecified atom stereocenters. The Labute approximate surface area is 467 Å². The molecule has 1 fully saturated rings. The molecular weight excluding hydrogens is 1080 g/mol. The van der Waals surface area contributed by atoms with Crippen molar-refractivity contribution >= 4 is 23.5 Å². The SMILES string of the molecule is O=P(OCc1ccccc1)(OCc1ccccc1)OC1C(O)C(OCc2ccccc2)C(OP(=O)(OCc2ccccc2)OCc2ccccc2)C(OCc2ccccc2)C1OP(=O)(OCc1ccccc1)OCc1ccccc1. The Balaban J connectivity index is 1.19. The van der Waals surface area contributed by atoms with Crippen LogP contribution in [0.3, 0.4) is 0 Å². The summed E-state index contributed by atoms with van der Waals surface area (Å²) in [6, 6.07) is 72.1. The highest BCUT2D eigenvalue weighted by Crippen LogP contribution is 2.60. The van der Waals surface area contributed by atoms with E-state index in [1.54, 1.807) is 146 Å². The summed E-state index contributed by atoms with van der Waals surface area (Å²) in [5.41, 5.74) is 5.08. The summed E-state index contributed by atoms with van der Waals surface area (Å²) in [6.07, 6.45) is -10.8. The van der Waals surface area contributed by atoms with Crippen molar-refractivity contribution in [1.82, 2.24) is 0 Å². The molecule has 0 radical (unpaired) electrons. The Kier molecular flexibility index (Phi) is 21.7. The van der Waals surface area contributed by atoms with E-state index in [0.717, 1.165) is 0 Å². The number of phosphoric ester groups is 3. The van der Waals surface area contributed by atoms with Gasteiger partial charge in [0.15, 0.2) is 0 Å². The molecule has 1 saturated carbocycles. The van der Waals surface area contributed by atoms with E-state index in [9.17, 15) is 5.11 Å². The fourth-order valence-corrected chi connectivity index (χ4v) is 12.6. The van der Waals surface area contributed by atoms with Crippen molar-refractivity contribution in [2.75, 3.05) is 0 Å². The molecule has 18 heteroatoms. The minimum absolute atomic E-state index is 0.155. The Morgan fingerprint density at radius 3 is 0.675 bits per heavy atom. The van der Waals surface area contributed by atoms with Crippen LogP contribution in [0.4, 0.5) is 0 Å². The predicted octanol–water partition coefficient (Wildman–Crippen LogP) is 14.3. The molecule has 8 aromatic rings. The Morgan fingerprint density at radius 1 is 0.250 bits per heavy atom. The number of hydrogen-bond donors (Lipinski definition) is 1. The average molecular weight is 1140 g/mol. The zero-order valence-corrected chi connectivity index (χ0v) is 46.4. The Morgan fingerprint density at radius 2 is 0.438 bits per heavy atom. The second-order valence-electron chi connectivity index (χ2n) is 18.6. The number of benzene rings is 8. The number of aliphatic hydroxyl groups is 1. The minimum atomic E-state index is -4.94. The van der Waals surface area contributed by atoms with Gasteiger partial charge in [0.25, 0.3) is 0 Å². The molecule has 0 bridgehead atoms. The lowest BCUT2D eigenvalue weighted by molar-refractivity contribution is -0.243. The second kappa shape index (κ2) is 29.6. The highest BCUT2D eigenvalue weighted by atomic mass is 31.2. The zero-order valence-electron chi connectivity index (χ0n) is 43.7. The van der Waals surface area contributed by atoms with Crippen LogP contribution >= 0.6 is 23.5 Å². The number of ether oxygens (including phenoxy) is 2. The summed E-state index contributed by atoms with van der Waals surface area (Å²) < 4.78 is 118. The molecular formula is C62H63O15P3. The van der Waals surface area contributed by atoms with Gasteiger partial charge in [0.1, 0.15) is 36.6 Å². The molecule has 0 amide bonds. The maximum atomic E-state index is 15.8. The third-order valence-electron chi connectivity index (χ3n) is 12.7. The topological polar surface area (TPSA) is 173 Å². The first-order valence-electron chi connectivity index (χ1n) is 26.1. The summed E-state index contributed by atoms with van der Waals surface area (Å²) in [6.45, 7) is -1.92. The van der Waals surface area contributed by atoms with Gasteiger partial charge in [0.2, 0.25) is 0 Å². The van der Waals surface area contributed by atoms with Crippen LogP contribution in [0.2, 0.25) is 0 Å². The molecule has 416 valence electrons. The molecule has 0 saturated heterocycles. The van der Waals surface area contributed by atoms with Gasteiger partial charge in [0.05, 0.1) is 52.9 Å². The van der Waals surface area contributed by atoms with Gasteiger partial charge in [-0.2, -0.15) is 0 Å². The second-order valence-corrected chi connectivity index (χ2v) is 23.5. The van der Waals surface area contributed by atoms with E-state index in [-0.39, 0.29) is 52.9 Å². The summed E-state index contributed by atoms with van der Waals surface area (Å²) in [7, 11) is -14.7. The summed E-state index contributed by atoms with van der Waals surface area (Å²) >= 11 is 0. The molecule has 0 aromatic heterocycles. The molecule has 0 spiro atoms. The molecule has 0 heterocycles. The van der Waals surface area contributed by atoms with Crippen LogP contribution in [-0.2, 0) is 117 Å². The predicted molar refractivity (Wildman–Crippen MR) is 301 cm³/mol. The summed E-state index contributed by atoms with van der Waals surface area (Å²) in [4.78, 5) is 0. The zero-order chi connectivity index (χ0) is 55.3. The molecule has 1 N–H and O–H groups in total. The van der Waals surface area contributed by atoms with Crippen LogP contribution in [0.5, 0.6) is 0 Å². The lowest BCUT2D eigenvalue weighted by Gasteiger charge is -2.48. The van der Waals surface area contributed by atoms with Gasteiger partial charge in [-0.15, -0.1) is 0 Å². The van der Waals surface area contributed by atoms with Gasteiger partial charge in [-0.25, -0.2) is 13.7 Å². The van der Waals surface area contributed by atoms with Crippen molar-refractivity contribution in [3.8, 4) is 0 Å². The van der Waals surface area contributed by atoms with E-state index < -0.39 is 60.1 Å². The molecule has 8 aromatic carbocycles. The van der Waals surface area contributed by atoms with Crippen LogP contribution < -0.4 is 0 Å². The maximum Gasteiger partial charge on any atom is 0.475 e. The van der Waals surface area contributed by atoms with Crippen molar-refractivity contribution in [2.24, 2.45) is 0 Å². The van der Waals surface area contributed by atoms with E-state index in [1.165, 1.54) is 0 Å². The van der Waals surface area contributed by atoms with Crippen molar-refractivity contribution in [2.45, 2.75) is 89.5 Å². The van der Waals surface area contributed by atoms with Crippen LogP contribution in [0.1, 0.15) is 44.5 Å². The van der Waals surface area contributed by atoms with Gasteiger partial charge >= 0.3 is 23.5 Å². The molecule has 0 aliphatic heterocycles. The molecule has 9 rings (SSSR count). The average Bonchev–Trinajstić information content (AvgIpc) is 3.56. The Bertz CT molecular complexity index is 3050. The van der Waals surface area contributed by atoms with E-state index >= 15 is 13.7 Å². The third kappa shape index (κ3) is 17.7. The van der Waals surface area contributed by atoms with Gasteiger partial charge in [-0.1, -0.05) is 243 Å². The van der Waals surface area contributed by atoms with Crippen molar-refractivity contribution in [3.05, 3.63) is 287 Å². The first kappa shape index (κ1) is 58.6. The smallest absolute Gasteiger partial charge is 0.387 e. The maximum absolute atomic E-state index is 15.8. The minimum Gasteiger partial charge on any atom is -0.387 e. The summed E-state index contributed by atoms with van der Waals surface area (Å²) in [5, 5.41) is 13.3. The fraction of sp³-hybridized carbons (Fsp3) is 0.226. The molecule has 1 aliphatic carbocycles. The van der Waals surface area contributed by atoms with Crippen LogP contribution in [0.25, 0.3) is 0 Å². The van der Waals surface area contributed by atoms with Crippen LogP contribution in [0.15, 0.2) is 243 Å². The highest BCUT2D eigenvalue weighted by Gasteiger charge is 2.60. The standard InChI is InChI=1S/C62H63O15P3/c63-57-58(67-41-49-25-9-1-10-26-49)61(76-79(65,71-45-53-33-17-5-18-34-53)72-46-54-35-19-6-20-36-54)60(68-42-50-27-11-2-12-28-50)62(77-80(66,73-47-55-37-21-7-22-38-55)74-48-56-39-23-8-24-40-56)59(57)75-78(64,69-43-51-29-13-3-14-30-51)70-44-52-31-15-4-16-32-52/h1-40,57-63H,41-48H2. The van der Waals surface area contributed by atoms with Gasteiger partial charge < -0.3 is 14.6 Å². The summed E-state index contributed by atoms with van der Waals surface area (Å²) in [5.74, 6) is 0. The first-order valence-corrected chi connectivity index (χ1v) is 30.4. The Hall–Kier alpha value is -6.03. The molecule has 1 aliphatic rings. The number of phosphoric acid groups is 3. The van der Waals surface area contributed by atoms with Gasteiger partial charge in [-0.05, 0) is 44.5 Å². The monoisotopic (exact) mass is 1140 g/mol. The lowest BCUT2D eigenvalue weighted by atomic mass is 9.84. The van der Waals surface area contributed by atoms with E-state index in [4.69, 9.17) is 50.2 Å². The van der Waals surface area contributed by atoms with Crippen molar-refractivity contribution in [3.63, 3.8) is 0 Å².